The minimum absolute atomic E-state index is 0. The van der Waals surface area contributed by atoms with E-state index in [1.54, 1.807) is 0 Å². The lowest BCUT2D eigenvalue weighted by atomic mass is 10.1. The third-order valence-electron chi connectivity index (χ3n) is 1.54. The molecule has 0 aliphatic carbocycles. The van der Waals surface area contributed by atoms with E-state index in [2.05, 4.69) is 0 Å². The number of nitrogens with two attached hydrogens (primary N) is 2. The maximum absolute atomic E-state index is 10.2. The molecule has 0 aliphatic heterocycles. The van der Waals surface area contributed by atoms with E-state index in [9.17, 15) is 4.79 Å². The van der Waals surface area contributed by atoms with Gasteiger partial charge in [-0.1, -0.05) is 12.8 Å². The molecule has 0 aromatic carbocycles. The first kappa shape index (κ1) is 14.2. The van der Waals surface area contributed by atoms with Gasteiger partial charge >= 0.3 is 5.97 Å². The Bertz CT molecular complexity index is 122. The minimum atomic E-state index is -0.919. The number of unbranched alkanes of at least 4 members (excludes halogenated alkanes) is 2. The summed E-state index contributed by atoms with van der Waals surface area (Å²) < 4.78 is 0. The summed E-state index contributed by atoms with van der Waals surface area (Å²) in [5.74, 6) is -0.919. The highest BCUT2D eigenvalue weighted by Crippen LogP contribution is 2.00. The molecular formula is C7H17ClN2O2. The summed E-state index contributed by atoms with van der Waals surface area (Å²) >= 11 is 0. The van der Waals surface area contributed by atoms with Gasteiger partial charge in [-0.15, -0.1) is 12.4 Å². The van der Waals surface area contributed by atoms with Crippen molar-refractivity contribution in [2.75, 3.05) is 6.54 Å². The van der Waals surface area contributed by atoms with Gasteiger partial charge in [0.15, 0.2) is 0 Å². The molecule has 5 heteroatoms. The first-order valence-electron chi connectivity index (χ1n) is 3.87. The summed E-state index contributed by atoms with van der Waals surface area (Å²) in [7, 11) is 0. The topological polar surface area (TPSA) is 89.3 Å². The van der Waals surface area contributed by atoms with E-state index in [0.29, 0.717) is 13.0 Å². The Hall–Kier alpha value is -0.320. The molecule has 0 fully saturated rings. The Balaban J connectivity index is 0. The zero-order valence-electron chi connectivity index (χ0n) is 7.03. The first-order chi connectivity index (χ1) is 5.18. The number of hydrogen-bond acceptors (Lipinski definition) is 3. The van der Waals surface area contributed by atoms with Crippen molar-refractivity contribution < 1.29 is 9.90 Å². The molecule has 0 heterocycles. The van der Waals surface area contributed by atoms with E-state index >= 15 is 0 Å². The fraction of sp³-hybridized carbons (Fsp3) is 0.857. The summed E-state index contributed by atoms with van der Waals surface area (Å²) in [4.78, 5) is 10.2. The Kier molecular flexibility index (Phi) is 10.4. The average molecular weight is 197 g/mol. The van der Waals surface area contributed by atoms with Crippen LogP contribution in [0.25, 0.3) is 0 Å². The fourth-order valence-electron chi connectivity index (χ4n) is 0.809. The summed E-state index contributed by atoms with van der Waals surface area (Å²) in [6.07, 6.45) is 3.32. The van der Waals surface area contributed by atoms with Crippen LogP contribution in [-0.2, 0) is 4.79 Å². The standard InChI is InChI=1S/C7H16N2O2.ClH/c8-5-3-1-2-4-6(9)7(10)11;/h6H,1-5,8-9H2,(H,10,11);1H/t6-;/m0./s1. The Morgan fingerprint density at radius 1 is 1.33 bits per heavy atom. The highest BCUT2D eigenvalue weighted by atomic mass is 35.5. The number of carboxylic acids is 1. The van der Waals surface area contributed by atoms with Gasteiger partial charge in [-0.2, -0.15) is 0 Å². The normalized spacial score (nSPS) is 11.8. The van der Waals surface area contributed by atoms with Crippen molar-refractivity contribution in [2.45, 2.75) is 31.7 Å². The molecule has 0 amide bonds. The van der Waals surface area contributed by atoms with Gasteiger partial charge in [0, 0.05) is 0 Å². The van der Waals surface area contributed by atoms with E-state index in [1.165, 1.54) is 0 Å². The molecule has 12 heavy (non-hydrogen) atoms. The van der Waals surface area contributed by atoms with Crippen LogP contribution in [0.5, 0.6) is 0 Å². The summed E-state index contributed by atoms with van der Waals surface area (Å²) in [6.45, 7) is 0.669. The molecule has 4 nitrogen and oxygen atoms in total. The second-order valence-corrected chi connectivity index (χ2v) is 2.58. The van der Waals surface area contributed by atoms with Crippen LogP contribution in [-0.4, -0.2) is 23.7 Å². The second kappa shape index (κ2) is 8.77. The van der Waals surface area contributed by atoms with Gasteiger partial charge in [0.1, 0.15) is 6.04 Å². The molecule has 0 unspecified atom stereocenters. The number of rotatable bonds is 6. The molecule has 0 saturated carbocycles. The molecule has 0 saturated heterocycles. The summed E-state index contributed by atoms with van der Waals surface area (Å²) in [5.41, 5.74) is 10.5. The SMILES string of the molecule is Cl.NCCCCC[C@H](N)C(=O)O. The Labute approximate surface area is 78.7 Å². The van der Waals surface area contributed by atoms with Crippen molar-refractivity contribution in [3.63, 3.8) is 0 Å². The third-order valence-corrected chi connectivity index (χ3v) is 1.54. The summed E-state index contributed by atoms with van der Waals surface area (Å²) in [6, 6.07) is -0.701. The lowest BCUT2D eigenvalue weighted by Gasteiger charge is -2.04. The zero-order valence-corrected chi connectivity index (χ0v) is 7.85. The van der Waals surface area contributed by atoms with Crippen LogP contribution in [0.4, 0.5) is 0 Å². The maximum Gasteiger partial charge on any atom is 0.320 e. The molecule has 1 atom stereocenters. The largest absolute Gasteiger partial charge is 0.480 e. The van der Waals surface area contributed by atoms with E-state index in [0.717, 1.165) is 19.3 Å². The number of hydrogen-bond donors (Lipinski definition) is 3. The number of carbonyl (C=O) groups is 1. The molecule has 0 aliphatic rings. The van der Waals surface area contributed by atoms with Crippen molar-refractivity contribution in [2.24, 2.45) is 11.5 Å². The van der Waals surface area contributed by atoms with Crippen LogP contribution in [0, 0.1) is 0 Å². The van der Waals surface area contributed by atoms with Gasteiger partial charge in [0.2, 0.25) is 0 Å². The molecule has 0 aromatic rings. The molecule has 0 radical (unpaired) electrons. The fourth-order valence-corrected chi connectivity index (χ4v) is 0.809. The average Bonchev–Trinajstić information content (AvgIpc) is 1.97. The van der Waals surface area contributed by atoms with Crippen LogP contribution in [0.3, 0.4) is 0 Å². The quantitative estimate of drug-likeness (QED) is 0.535. The highest BCUT2D eigenvalue weighted by Gasteiger charge is 2.09. The van der Waals surface area contributed by atoms with Gasteiger partial charge < -0.3 is 16.6 Å². The van der Waals surface area contributed by atoms with Crippen LogP contribution >= 0.6 is 12.4 Å². The van der Waals surface area contributed by atoms with Crippen molar-refractivity contribution in [3.05, 3.63) is 0 Å². The monoisotopic (exact) mass is 196 g/mol. The Morgan fingerprint density at radius 3 is 2.33 bits per heavy atom. The number of aliphatic carboxylic acids is 1. The Morgan fingerprint density at radius 2 is 1.92 bits per heavy atom. The van der Waals surface area contributed by atoms with Crippen molar-refractivity contribution >= 4 is 18.4 Å². The van der Waals surface area contributed by atoms with Crippen LogP contribution < -0.4 is 11.5 Å². The van der Waals surface area contributed by atoms with Crippen LogP contribution in [0.15, 0.2) is 0 Å². The third kappa shape index (κ3) is 7.78. The molecule has 0 aromatic heterocycles. The van der Waals surface area contributed by atoms with Crippen molar-refractivity contribution in [1.29, 1.82) is 0 Å². The van der Waals surface area contributed by atoms with E-state index < -0.39 is 12.0 Å². The van der Waals surface area contributed by atoms with Crippen molar-refractivity contribution in [3.8, 4) is 0 Å². The zero-order chi connectivity index (χ0) is 8.69. The predicted molar refractivity (Wildman–Crippen MR) is 50.4 cm³/mol. The van der Waals surface area contributed by atoms with Gasteiger partial charge in [-0.25, -0.2) is 0 Å². The lowest BCUT2D eigenvalue weighted by Crippen LogP contribution is -2.29. The van der Waals surface area contributed by atoms with Gasteiger partial charge in [-0.3, -0.25) is 4.79 Å². The number of halogens is 1. The molecule has 0 rings (SSSR count). The number of carboxylic acid groups (broad SMARTS) is 1. The summed E-state index contributed by atoms with van der Waals surface area (Å²) in [5, 5.41) is 8.39. The maximum atomic E-state index is 10.2. The minimum Gasteiger partial charge on any atom is -0.480 e. The molecule has 5 N–H and O–H groups in total. The second-order valence-electron chi connectivity index (χ2n) is 2.58. The van der Waals surface area contributed by atoms with E-state index in [1.807, 2.05) is 0 Å². The molecule has 0 bridgehead atoms. The van der Waals surface area contributed by atoms with Crippen LogP contribution in [0.2, 0.25) is 0 Å². The molecular weight excluding hydrogens is 180 g/mol. The van der Waals surface area contributed by atoms with Gasteiger partial charge in [0.05, 0.1) is 0 Å². The van der Waals surface area contributed by atoms with Crippen LogP contribution in [0.1, 0.15) is 25.7 Å². The van der Waals surface area contributed by atoms with Gasteiger partial charge in [-0.05, 0) is 19.4 Å². The van der Waals surface area contributed by atoms with Gasteiger partial charge in [0.25, 0.3) is 0 Å². The first-order valence-corrected chi connectivity index (χ1v) is 3.87. The van der Waals surface area contributed by atoms with E-state index in [-0.39, 0.29) is 12.4 Å². The highest BCUT2D eigenvalue weighted by molar-refractivity contribution is 5.85. The van der Waals surface area contributed by atoms with E-state index in [4.69, 9.17) is 16.6 Å². The predicted octanol–water partition coefficient (Wildman–Crippen LogP) is 0.339. The van der Waals surface area contributed by atoms with Crippen molar-refractivity contribution in [1.82, 2.24) is 0 Å². The molecule has 0 spiro atoms. The molecule has 74 valence electrons. The lowest BCUT2D eigenvalue weighted by molar-refractivity contribution is -0.138. The smallest absolute Gasteiger partial charge is 0.320 e.